The molecule has 0 saturated carbocycles. The van der Waals surface area contributed by atoms with Crippen molar-refractivity contribution in [2.75, 3.05) is 0 Å². The number of esters is 1. The smallest absolute Gasteiger partial charge is 0.334 e. The molecule has 0 saturated heterocycles. The Labute approximate surface area is 82.0 Å². The highest BCUT2D eigenvalue weighted by atomic mass is 16.5. The monoisotopic (exact) mass is 202 g/mol. The van der Waals surface area contributed by atoms with Gasteiger partial charge in [-0.2, -0.15) is 0 Å². The maximum absolute atomic E-state index is 10.7. The Bertz CT molecular complexity index is 242. The summed E-state index contributed by atoms with van der Waals surface area (Å²) >= 11 is 0. The van der Waals surface area contributed by atoms with Crippen molar-refractivity contribution in [3.63, 3.8) is 0 Å². The number of rotatable bonds is 5. The van der Waals surface area contributed by atoms with Gasteiger partial charge in [0.15, 0.2) is 0 Å². The molecular formula is C9H14O5. The van der Waals surface area contributed by atoms with Crippen LogP contribution in [0.3, 0.4) is 0 Å². The summed E-state index contributed by atoms with van der Waals surface area (Å²) in [7, 11) is 0. The van der Waals surface area contributed by atoms with Crippen LogP contribution in [0, 0.1) is 0 Å². The van der Waals surface area contributed by atoms with Gasteiger partial charge in [0, 0.05) is 12.8 Å². The maximum atomic E-state index is 10.7. The van der Waals surface area contributed by atoms with Gasteiger partial charge in [-0.15, -0.1) is 0 Å². The van der Waals surface area contributed by atoms with E-state index < -0.39 is 18.0 Å². The van der Waals surface area contributed by atoms with Crippen LogP contribution in [0.4, 0.5) is 0 Å². The van der Waals surface area contributed by atoms with Crippen molar-refractivity contribution in [2.24, 2.45) is 0 Å². The molecule has 5 heteroatoms. The molecule has 5 nitrogen and oxygen atoms in total. The second-order valence-electron chi connectivity index (χ2n) is 2.84. The number of aliphatic hydroxyl groups excluding tert-OH is 1. The number of carbonyl (C=O) groups excluding carboxylic acids is 1. The van der Waals surface area contributed by atoms with Crippen LogP contribution in [0.25, 0.3) is 0 Å². The Hall–Kier alpha value is -1.36. The van der Waals surface area contributed by atoms with Gasteiger partial charge >= 0.3 is 11.9 Å². The number of hydrogen-bond donors (Lipinski definition) is 2. The van der Waals surface area contributed by atoms with Gasteiger partial charge in [-0.05, 0) is 6.92 Å². The van der Waals surface area contributed by atoms with E-state index >= 15 is 0 Å². The minimum atomic E-state index is -1.20. The largest absolute Gasteiger partial charge is 0.478 e. The second-order valence-corrected chi connectivity index (χ2v) is 2.84. The lowest BCUT2D eigenvalue weighted by Crippen LogP contribution is -2.10. The van der Waals surface area contributed by atoms with Crippen molar-refractivity contribution in [1.82, 2.24) is 0 Å². The van der Waals surface area contributed by atoms with Crippen LogP contribution >= 0.6 is 0 Å². The van der Waals surface area contributed by atoms with E-state index in [0.717, 1.165) is 6.26 Å². The van der Waals surface area contributed by atoms with Crippen LogP contribution in [0.1, 0.15) is 26.7 Å². The van der Waals surface area contributed by atoms with Crippen molar-refractivity contribution >= 4 is 11.9 Å². The topological polar surface area (TPSA) is 83.8 Å². The molecule has 1 atom stereocenters. The Morgan fingerprint density at radius 2 is 2.07 bits per heavy atom. The first-order valence-corrected chi connectivity index (χ1v) is 4.27. The van der Waals surface area contributed by atoms with Crippen molar-refractivity contribution in [3.05, 3.63) is 11.8 Å². The highest BCUT2D eigenvalue weighted by Gasteiger charge is 2.11. The standard InChI is InChI=1S/C9H14O5/c1-3-8(11)14-5-7(9(12)13)4-6(2)10/h5-6,10H,3-4H2,1-2H3,(H,12,13). The molecule has 0 rings (SSSR count). The molecule has 0 aliphatic heterocycles. The molecule has 14 heavy (non-hydrogen) atoms. The molecule has 0 amide bonds. The fourth-order valence-corrected chi connectivity index (χ4v) is 0.724. The summed E-state index contributed by atoms with van der Waals surface area (Å²) in [6, 6.07) is 0. The fourth-order valence-electron chi connectivity index (χ4n) is 0.724. The number of carboxylic acid groups (broad SMARTS) is 1. The molecule has 0 bridgehead atoms. The first-order chi connectivity index (χ1) is 6.47. The van der Waals surface area contributed by atoms with Gasteiger partial charge in [-0.1, -0.05) is 6.92 Å². The molecule has 0 aliphatic carbocycles. The van der Waals surface area contributed by atoms with E-state index in [0.29, 0.717) is 0 Å². The summed E-state index contributed by atoms with van der Waals surface area (Å²) in [6.45, 7) is 3.06. The van der Waals surface area contributed by atoms with Crippen molar-refractivity contribution in [3.8, 4) is 0 Å². The third-order valence-corrected chi connectivity index (χ3v) is 1.41. The molecule has 1 unspecified atom stereocenters. The van der Waals surface area contributed by atoms with Gasteiger partial charge in [0.05, 0.1) is 11.7 Å². The summed E-state index contributed by atoms with van der Waals surface area (Å²) in [4.78, 5) is 21.3. The van der Waals surface area contributed by atoms with Crippen LogP contribution < -0.4 is 0 Å². The normalized spacial score (nSPS) is 13.5. The molecule has 0 aromatic heterocycles. The van der Waals surface area contributed by atoms with E-state index in [4.69, 9.17) is 10.2 Å². The van der Waals surface area contributed by atoms with E-state index in [2.05, 4.69) is 4.74 Å². The van der Waals surface area contributed by atoms with Crippen LogP contribution in [0.15, 0.2) is 11.8 Å². The second kappa shape index (κ2) is 6.15. The van der Waals surface area contributed by atoms with Crippen LogP contribution in [-0.2, 0) is 14.3 Å². The Morgan fingerprint density at radius 1 is 1.50 bits per heavy atom. The summed E-state index contributed by atoms with van der Waals surface area (Å²) in [5.74, 6) is -1.70. The number of ether oxygens (including phenoxy) is 1. The van der Waals surface area contributed by atoms with E-state index in [1.807, 2.05) is 0 Å². The van der Waals surface area contributed by atoms with Crippen LogP contribution in [-0.4, -0.2) is 28.3 Å². The summed E-state index contributed by atoms with van der Waals surface area (Å²) < 4.78 is 4.52. The van der Waals surface area contributed by atoms with Crippen LogP contribution in [0.2, 0.25) is 0 Å². The Balaban J connectivity index is 4.33. The number of carboxylic acids is 1. The molecule has 0 heterocycles. The van der Waals surface area contributed by atoms with Crippen molar-refractivity contribution in [1.29, 1.82) is 0 Å². The first kappa shape index (κ1) is 12.6. The Kier molecular flexibility index (Phi) is 5.55. The van der Waals surface area contributed by atoms with Gasteiger partial charge in [-0.25, -0.2) is 4.79 Å². The lowest BCUT2D eigenvalue weighted by atomic mass is 10.1. The molecule has 0 aromatic rings. The van der Waals surface area contributed by atoms with Gasteiger partial charge in [-0.3, -0.25) is 4.79 Å². The molecule has 0 radical (unpaired) electrons. The van der Waals surface area contributed by atoms with Gasteiger partial charge in [0.25, 0.3) is 0 Å². The summed E-state index contributed by atoms with van der Waals surface area (Å²) in [6.07, 6.45) is 0.225. The Morgan fingerprint density at radius 3 is 2.43 bits per heavy atom. The minimum Gasteiger partial charge on any atom is -0.478 e. The quantitative estimate of drug-likeness (QED) is 0.389. The number of aliphatic hydroxyl groups is 1. The summed E-state index contributed by atoms with van der Waals surface area (Å²) in [5, 5.41) is 17.6. The third-order valence-electron chi connectivity index (χ3n) is 1.41. The van der Waals surface area contributed by atoms with E-state index in [-0.39, 0.29) is 18.4 Å². The van der Waals surface area contributed by atoms with Crippen molar-refractivity contribution in [2.45, 2.75) is 32.8 Å². The molecule has 0 aromatic carbocycles. The van der Waals surface area contributed by atoms with E-state index in [1.54, 1.807) is 6.92 Å². The van der Waals surface area contributed by atoms with Gasteiger partial charge < -0.3 is 14.9 Å². The fraction of sp³-hybridized carbons (Fsp3) is 0.556. The zero-order valence-corrected chi connectivity index (χ0v) is 8.19. The predicted octanol–water partition coefficient (Wildman–Crippen LogP) is 0.679. The molecular weight excluding hydrogens is 188 g/mol. The van der Waals surface area contributed by atoms with E-state index in [1.165, 1.54) is 6.92 Å². The molecule has 0 fully saturated rings. The molecule has 80 valence electrons. The molecule has 2 N–H and O–H groups in total. The number of carbonyl (C=O) groups is 2. The van der Waals surface area contributed by atoms with Gasteiger partial charge in [0.1, 0.15) is 6.26 Å². The molecule has 0 spiro atoms. The number of hydrogen-bond acceptors (Lipinski definition) is 4. The summed E-state index contributed by atoms with van der Waals surface area (Å²) in [5.41, 5.74) is -0.123. The predicted molar refractivity (Wildman–Crippen MR) is 48.4 cm³/mol. The van der Waals surface area contributed by atoms with Gasteiger partial charge in [0.2, 0.25) is 0 Å². The highest BCUT2D eigenvalue weighted by molar-refractivity contribution is 5.86. The highest BCUT2D eigenvalue weighted by Crippen LogP contribution is 2.06. The minimum absolute atomic E-state index is 0.0493. The van der Waals surface area contributed by atoms with E-state index in [9.17, 15) is 9.59 Å². The zero-order valence-electron chi connectivity index (χ0n) is 8.19. The lowest BCUT2D eigenvalue weighted by molar-refractivity contribution is -0.138. The third kappa shape index (κ3) is 5.31. The average Bonchev–Trinajstić information content (AvgIpc) is 2.10. The van der Waals surface area contributed by atoms with Crippen LogP contribution in [0.5, 0.6) is 0 Å². The average molecular weight is 202 g/mol. The lowest BCUT2D eigenvalue weighted by Gasteiger charge is -2.04. The maximum Gasteiger partial charge on any atom is 0.334 e. The number of aliphatic carboxylic acids is 1. The SMILES string of the molecule is CCC(=O)OC=C(CC(C)O)C(=O)O. The van der Waals surface area contributed by atoms with Crippen molar-refractivity contribution < 1.29 is 24.5 Å². The molecule has 0 aliphatic rings. The zero-order chi connectivity index (χ0) is 11.1. The first-order valence-electron chi connectivity index (χ1n) is 4.27.